The van der Waals surface area contributed by atoms with Crippen molar-refractivity contribution in [2.75, 3.05) is 6.61 Å². The molecule has 0 bridgehead atoms. The van der Waals surface area contributed by atoms with Crippen LogP contribution < -0.4 is 0 Å². The van der Waals surface area contributed by atoms with Crippen molar-refractivity contribution in [3.63, 3.8) is 0 Å². The van der Waals surface area contributed by atoms with E-state index in [9.17, 15) is 8.42 Å². The minimum absolute atomic E-state index is 0.190. The summed E-state index contributed by atoms with van der Waals surface area (Å²) < 4.78 is 38.3. The second-order valence-electron chi connectivity index (χ2n) is 15.9. The molecule has 228 valence electrons. The number of hydrogen-bond donors (Lipinski definition) is 0. The van der Waals surface area contributed by atoms with Gasteiger partial charge in [-0.1, -0.05) is 82.5 Å². The third kappa shape index (κ3) is 5.60. The lowest BCUT2D eigenvalue weighted by atomic mass is 9.50. The topological polar surface area (TPSA) is 52.6 Å². The normalized spacial score (nSPS) is 34.7. The Hall–Kier alpha value is -1.21. The van der Waals surface area contributed by atoms with Crippen molar-refractivity contribution in [3.05, 3.63) is 53.1 Å². The molecular weight excluding hydrogens is 545 g/mol. The van der Waals surface area contributed by atoms with Crippen LogP contribution in [0.5, 0.6) is 0 Å². The molecule has 6 heteroatoms. The van der Waals surface area contributed by atoms with Crippen LogP contribution >= 0.6 is 0 Å². The molecule has 3 fully saturated rings. The molecule has 4 aliphatic carbocycles. The van der Waals surface area contributed by atoms with Crippen molar-refractivity contribution < 1.29 is 17.0 Å². The first-order valence-corrected chi connectivity index (χ1v) is 20.3. The fourth-order valence-electron chi connectivity index (χ4n) is 8.72. The zero-order valence-corrected chi connectivity index (χ0v) is 28.9. The van der Waals surface area contributed by atoms with E-state index in [1.807, 2.05) is 19.1 Å². The lowest BCUT2D eigenvalue weighted by Gasteiger charge is -2.56. The SMILES string of the molecule is Cc1ccc(S(=O)(=O)OC[C@H](C)[C@H]2CC[C@H]3C4=CC=C5C[C@@H](O[Si](C)(C)C(C)(C)C)CC[C@]5(C)[C@H]4CC[C@]23C)cc1. The Balaban J connectivity index is 1.29. The maximum Gasteiger partial charge on any atom is 0.296 e. The molecule has 4 nitrogen and oxygen atoms in total. The van der Waals surface area contributed by atoms with Gasteiger partial charge in [0.05, 0.1) is 11.5 Å². The maximum absolute atomic E-state index is 12.9. The lowest BCUT2D eigenvalue weighted by Crippen LogP contribution is -2.49. The minimum atomic E-state index is -3.74. The van der Waals surface area contributed by atoms with Gasteiger partial charge in [0.1, 0.15) is 0 Å². The van der Waals surface area contributed by atoms with Gasteiger partial charge < -0.3 is 4.43 Å². The second kappa shape index (κ2) is 10.7. The van der Waals surface area contributed by atoms with Crippen LogP contribution in [0.2, 0.25) is 18.1 Å². The van der Waals surface area contributed by atoms with E-state index in [1.54, 1.807) is 23.3 Å². The highest BCUT2D eigenvalue weighted by molar-refractivity contribution is 7.86. The molecule has 0 aromatic heterocycles. The predicted octanol–water partition coefficient (Wildman–Crippen LogP) is 9.23. The fraction of sp³-hybridized carbons (Fsp3) is 0.714. The summed E-state index contributed by atoms with van der Waals surface area (Å²) >= 11 is 0. The van der Waals surface area contributed by atoms with Crippen LogP contribution in [0.25, 0.3) is 0 Å². The van der Waals surface area contributed by atoms with Crippen molar-refractivity contribution in [3.8, 4) is 0 Å². The smallest absolute Gasteiger partial charge is 0.296 e. The summed E-state index contributed by atoms with van der Waals surface area (Å²) in [5.41, 5.74) is 4.77. The summed E-state index contributed by atoms with van der Waals surface area (Å²) in [4.78, 5) is 0.249. The minimum Gasteiger partial charge on any atom is -0.414 e. The van der Waals surface area contributed by atoms with Crippen molar-refractivity contribution in [1.29, 1.82) is 0 Å². The molecule has 0 spiro atoms. The molecule has 0 radical (unpaired) electrons. The van der Waals surface area contributed by atoms with Crippen LogP contribution in [0, 0.1) is 41.4 Å². The van der Waals surface area contributed by atoms with Gasteiger partial charge in [-0.3, -0.25) is 4.18 Å². The van der Waals surface area contributed by atoms with E-state index < -0.39 is 18.4 Å². The quantitative estimate of drug-likeness (QED) is 0.232. The summed E-state index contributed by atoms with van der Waals surface area (Å²) in [6, 6.07) is 6.95. The summed E-state index contributed by atoms with van der Waals surface area (Å²) in [5, 5.41) is 0.238. The molecule has 3 saturated carbocycles. The van der Waals surface area contributed by atoms with E-state index in [-0.39, 0.29) is 33.3 Å². The van der Waals surface area contributed by atoms with E-state index in [2.05, 4.69) is 66.8 Å². The molecule has 1 aromatic carbocycles. The first kappa shape index (κ1) is 31.2. The van der Waals surface area contributed by atoms with Crippen LogP contribution in [0.3, 0.4) is 0 Å². The molecule has 0 unspecified atom stereocenters. The van der Waals surface area contributed by atoms with Gasteiger partial charge >= 0.3 is 0 Å². The van der Waals surface area contributed by atoms with E-state index in [0.29, 0.717) is 23.9 Å². The van der Waals surface area contributed by atoms with Crippen molar-refractivity contribution in [1.82, 2.24) is 0 Å². The van der Waals surface area contributed by atoms with E-state index >= 15 is 0 Å². The average Bonchev–Trinajstić information content (AvgIpc) is 3.24. The Labute approximate surface area is 251 Å². The molecule has 0 aliphatic heterocycles. The Morgan fingerprint density at radius 3 is 2.32 bits per heavy atom. The summed E-state index contributed by atoms with van der Waals surface area (Å²) in [5.74, 6) is 1.87. The molecule has 5 rings (SSSR count). The largest absolute Gasteiger partial charge is 0.414 e. The van der Waals surface area contributed by atoms with Gasteiger partial charge in [0.25, 0.3) is 10.1 Å². The predicted molar refractivity (Wildman–Crippen MR) is 171 cm³/mol. The second-order valence-corrected chi connectivity index (χ2v) is 22.3. The van der Waals surface area contributed by atoms with E-state index in [0.717, 1.165) is 18.4 Å². The van der Waals surface area contributed by atoms with Gasteiger partial charge in [-0.15, -0.1) is 0 Å². The number of aryl methyl sites for hydroxylation is 1. The molecule has 4 aliphatic rings. The van der Waals surface area contributed by atoms with Gasteiger partial charge in [0.15, 0.2) is 8.32 Å². The van der Waals surface area contributed by atoms with Crippen LogP contribution in [0.4, 0.5) is 0 Å². The van der Waals surface area contributed by atoms with Gasteiger partial charge in [-0.2, -0.15) is 8.42 Å². The van der Waals surface area contributed by atoms with Crippen LogP contribution in [-0.4, -0.2) is 29.4 Å². The molecule has 0 saturated heterocycles. The number of fused-ring (bicyclic) bond motifs is 5. The highest BCUT2D eigenvalue weighted by Gasteiger charge is 2.57. The highest BCUT2D eigenvalue weighted by atomic mass is 32.2. The van der Waals surface area contributed by atoms with Gasteiger partial charge in [0.2, 0.25) is 0 Å². The molecule has 0 heterocycles. The summed E-state index contributed by atoms with van der Waals surface area (Å²) in [6.45, 7) is 21.2. The zero-order chi connectivity index (χ0) is 30.0. The summed E-state index contributed by atoms with van der Waals surface area (Å²) in [7, 11) is -5.53. The van der Waals surface area contributed by atoms with E-state index in [1.165, 1.54) is 32.1 Å². The average molecular weight is 599 g/mol. The molecule has 0 N–H and O–H groups in total. The number of hydrogen-bond acceptors (Lipinski definition) is 4. The third-order valence-corrected chi connectivity index (χ3v) is 18.2. The maximum atomic E-state index is 12.9. The molecule has 1 aromatic rings. The highest BCUT2D eigenvalue weighted by Crippen LogP contribution is 2.66. The molecule has 7 atom stereocenters. The van der Waals surface area contributed by atoms with E-state index in [4.69, 9.17) is 8.61 Å². The first-order chi connectivity index (χ1) is 19.0. The zero-order valence-electron chi connectivity index (χ0n) is 27.0. The van der Waals surface area contributed by atoms with Gasteiger partial charge in [0, 0.05) is 6.10 Å². The number of benzene rings is 1. The van der Waals surface area contributed by atoms with Gasteiger partial charge in [-0.25, -0.2) is 0 Å². The molecule has 41 heavy (non-hydrogen) atoms. The Morgan fingerprint density at radius 1 is 0.976 bits per heavy atom. The Kier molecular flexibility index (Phi) is 8.18. The lowest BCUT2D eigenvalue weighted by molar-refractivity contribution is 0.0288. The third-order valence-electron chi connectivity index (χ3n) is 12.3. The van der Waals surface area contributed by atoms with Crippen molar-refractivity contribution in [2.24, 2.45) is 34.5 Å². The fourth-order valence-corrected chi connectivity index (χ4v) is 11.1. The van der Waals surface area contributed by atoms with Crippen LogP contribution in [-0.2, 0) is 18.7 Å². The van der Waals surface area contributed by atoms with Crippen molar-refractivity contribution in [2.45, 2.75) is 123 Å². The van der Waals surface area contributed by atoms with Crippen LogP contribution in [0.15, 0.2) is 52.5 Å². The Bertz CT molecular complexity index is 1300. The van der Waals surface area contributed by atoms with Crippen molar-refractivity contribution >= 4 is 18.4 Å². The standard InChI is InChI=1S/C35H54O4SSi/c1-24-10-13-28(14-11-24)40(36,37)38-23-25(2)30-16-17-31-29-15-12-26-22-27(39-41(8,9)33(3,4)5)18-20-34(26,6)32(29)19-21-35(30,31)7/h10-15,25,27,30-32H,16-23H2,1-9H3/t25-,27-,30+,31-,32-,34-,35+/m0/s1. The summed E-state index contributed by atoms with van der Waals surface area (Å²) in [6.07, 6.45) is 13.6. The van der Waals surface area contributed by atoms with Gasteiger partial charge in [-0.05, 0) is 117 Å². The molecule has 0 amide bonds. The first-order valence-electron chi connectivity index (χ1n) is 16.0. The molecular formula is C35H54O4SSi. The van der Waals surface area contributed by atoms with Crippen LogP contribution in [0.1, 0.15) is 92.1 Å². The monoisotopic (exact) mass is 598 g/mol. The number of allylic oxidation sites excluding steroid dienone is 3. The number of rotatable bonds is 7. The Morgan fingerprint density at radius 2 is 1.66 bits per heavy atom.